The van der Waals surface area contributed by atoms with Crippen molar-refractivity contribution in [2.75, 3.05) is 6.54 Å². The predicted octanol–water partition coefficient (Wildman–Crippen LogP) is 5.35. The maximum Gasteiger partial charge on any atom is 0.0497 e. The van der Waals surface area contributed by atoms with E-state index in [4.69, 9.17) is 5.73 Å². The van der Waals surface area contributed by atoms with Gasteiger partial charge in [-0.2, -0.15) is 0 Å². The molecule has 126 valence electrons. The van der Waals surface area contributed by atoms with Crippen molar-refractivity contribution >= 4 is 10.9 Å². The van der Waals surface area contributed by atoms with Gasteiger partial charge in [-0.15, -0.1) is 0 Å². The number of H-pyrrole nitrogens is 1. The first kappa shape index (κ1) is 16.8. The number of rotatable bonds is 5. The van der Waals surface area contributed by atoms with Gasteiger partial charge in [-0.3, -0.25) is 0 Å². The summed E-state index contributed by atoms with van der Waals surface area (Å²) in [6, 6.07) is 11.3. The highest BCUT2D eigenvalue weighted by Gasteiger charge is 2.16. The van der Waals surface area contributed by atoms with Crippen LogP contribution in [0.5, 0.6) is 0 Å². The molecule has 0 aliphatic heterocycles. The van der Waals surface area contributed by atoms with Crippen LogP contribution < -0.4 is 5.73 Å². The van der Waals surface area contributed by atoms with Gasteiger partial charge in [-0.1, -0.05) is 29.3 Å². The van der Waals surface area contributed by atoms with Crippen molar-refractivity contribution in [1.29, 1.82) is 0 Å². The van der Waals surface area contributed by atoms with Crippen molar-refractivity contribution in [3.8, 4) is 11.3 Å². The summed E-state index contributed by atoms with van der Waals surface area (Å²) in [5.41, 5.74) is 16.3. The van der Waals surface area contributed by atoms with Gasteiger partial charge in [0.25, 0.3) is 0 Å². The van der Waals surface area contributed by atoms with Gasteiger partial charge in [-0.05, 0) is 87.9 Å². The molecule has 0 saturated heterocycles. The SMILES string of the molecule is Cc1cc(C)cc(-c2[nH]c3c(C)ccc(C)c3c2CCCCN)c1. The molecule has 0 unspecified atom stereocenters. The first-order chi connectivity index (χ1) is 11.5. The second kappa shape index (κ2) is 6.82. The average molecular weight is 320 g/mol. The van der Waals surface area contributed by atoms with Crippen LogP contribution in [-0.4, -0.2) is 11.5 Å². The number of nitrogens with two attached hydrogens (primary N) is 1. The van der Waals surface area contributed by atoms with Gasteiger partial charge in [-0.25, -0.2) is 0 Å². The van der Waals surface area contributed by atoms with Crippen molar-refractivity contribution in [3.05, 3.63) is 58.1 Å². The number of aryl methyl sites for hydroxylation is 5. The first-order valence-corrected chi connectivity index (χ1v) is 8.90. The van der Waals surface area contributed by atoms with E-state index in [0.29, 0.717) is 0 Å². The Morgan fingerprint density at radius 2 is 1.54 bits per heavy atom. The molecule has 0 saturated carbocycles. The lowest BCUT2D eigenvalue weighted by atomic mass is 9.96. The van der Waals surface area contributed by atoms with E-state index in [1.54, 1.807) is 0 Å². The molecule has 2 heteroatoms. The van der Waals surface area contributed by atoms with Gasteiger partial charge in [0, 0.05) is 16.6 Å². The Labute approximate surface area is 145 Å². The highest BCUT2D eigenvalue weighted by Crippen LogP contribution is 2.35. The number of aromatic nitrogens is 1. The quantitative estimate of drug-likeness (QED) is 0.611. The lowest BCUT2D eigenvalue weighted by Crippen LogP contribution is -1.99. The molecule has 0 aliphatic rings. The van der Waals surface area contributed by atoms with Gasteiger partial charge < -0.3 is 10.7 Å². The molecule has 0 spiro atoms. The van der Waals surface area contributed by atoms with Crippen molar-refractivity contribution in [3.63, 3.8) is 0 Å². The molecule has 1 aromatic heterocycles. The molecule has 0 atom stereocenters. The predicted molar refractivity (Wildman–Crippen MR) is 105 cm³/mol. The second-order valence-electron chi connectivity index (χ2n) is 7.05. The summed E-state index contributed by atoms with van der Waals surface area (Å²) in [5.74, 6) is 0. The number of fused-ring (bicyclic) bond motifs is 1. The standard InChI is InChI=1S/C22H28N2/c1-14-11-15(2)13-18(12-14)22-19(7-5-6-10-23)20-16(3)8-9-17(4)21(20)24-22/h8-9,11-13,24H,5-7,10,23H2,1-4H3. The topological polar surface area (TPSA) is 41.8 Å². The minimum absolute atomic E-state index is 0.763. The summed E-state index contributed by atoms with van der Waals surface area (Å²) >= 11 is 0. The molecule has 0 amide bonds. The van der Waals surface area contributed by atoms with E-state index in [1.807, 2.05) is 0 Å². The van der Waals surface area contributed by atoms with E-state index in [9.17, 15) is 0 Å². The highest BCUT2D eigenvalue weighted by atomic mass is 14.7. The van der Waals surface area contributed by atoms with Crippen molar-refractivity contribution in [1.82, 2.24) is 4.98 Å². The van der Waals surface area contributed by atoms with Crippen LogP contribution in [0.1, 0.15) is 40.7 Å². The lowest BCUT2D eigenvalue weighted by Gasteiger charge is -2.08. The highest BCUT2D eigenvalue weighted by molar-refractivity contribution is 5.95. The molecule has 0 aliphatic carbocycles. The van der Waals surface area contributed by atoms with Crippen molar-refractivity contribution < 1.29 is 0 Å². The van der Waals surface area contributed by atoms with Crippen molar-refractivity contribution in [2.24, 2.45) is 5.73 Å². The third-order valence-corrected chi connectivity index (χ3v) is 4.87. The van der Waals surface area contributed by atoms with Gasteiger partial charge in [0.15, 0.2) is 0 Å². The summed E-state index contributed by atoms with van der Waals surface area (Å²) in [5, 5.41) is 1.40. The third-order valence-electron chi connectivity index (χ3n) is 4.87. The third kappa shape index (κ3) is 3.11. The maximum absolute atomic E-state index is 5.72. The summed E-state index contributed by atoms with van der Waals surface area (Å²) in [4.78, 5) is 3.74. The van der Waals surface area contributed by atoms with Gasteiger partial charge in [0.2, 0.25) is 0 Å². The molecule has 2 nitrogen and oxygen atoms in total. The number of benzene rings is 2. The van der Waals surface area contributed by atoms with E-state index in [-0.39, 0.29) is 0 Å². The maximum atomic E-state index is 5.72. The molecule has 3 rings (SSSR count). The first-order valence-electron chi connectivity index (χ1n) is 8.90. The molecule has 1 heterocycles. The van der Waals surface area contributed by atoms with Crippen LogP contribution in [0.2, 0.25) is 0 Å². The van der Waals surface area contributed by atoms with Gasteiger partial charge in [0.05, 0.1) is 0 Å². The minimum Gasteiger partial charge on any atom is -0.354 e. The summed E-state index contributed by atoms with van der Waals surface area (Å²) in [6.07, 6.45) is 3.28. The Bertz CT molecular complexity index is 851. The smallest absolute Gasteiger partial charge is 0.0497 e. The normalized spacial score (nSPS) is 11.4. The Kier molecular flexibility index (Phi) is 4.77. The molecule has 0 radical (unpaired) electrons. The minimum atomic E-state index is 0.763. The number of unbranched alkanes of at least 4 members (excludes halogenated alkanes) is 1. The van der Waals surface area contributed by atoms with Crippen molar-refractivity contribution in [2.45, 2.75) is 47.0 Å². The Hall–Kier alpha value is -2.06. The zero-order valence-electron chi connectivity index (χ0n) is 15.3. The van der Waals surface area contributed by atoms with Crippen LogP contribution in [0.15, 0.2) is 30.3 Å². The Morgan fingerprint density at radius 3 is 2.21 bits per heavy atom. The summed E-state index contributed by atoms with van der Waals surface area (Å²) < 4.78 is 0. The number of aromatic amines is 1. The van der Waals surface area contributed by atoms with Crippen LogP contribution in [0.3, 0.4) is 0 Å². The number of hydrogen-bond acceptors (Lipinski definition) is 1. The fourth-order valence-corrected chi connectivity index (χ4v) is 3.75. The molecule has 24 heavy (non-hydrogen) atoms. The molecular weight excluding hydrogens is 292 g/mol. The second-order valence-corrected chi connectivity index (χ2v) is 7.05. The Balaban J connectivity index is 2.23. The van der Waals surface area contributed by atoms with Crippen LogP contribution in [0.25, 0.3) is 22.2 Å². The lowest BCUT2D eigenvalue weighted by molar-refractivity contribution is 0.748. The molecule has 2 aromatic carbocycles. The number of hydrogen-bond donors (Lipinski definition) is 2. The molecule has 3 aromatic rings. The van der Waals surface area contributed by atoms with Crippen LogP contribution >= 0.6 is 0 Å². The van der Waals surface area contributed by atoms with E-state index >= 15 is 0 Å². The monoisotopic (exact) mass is 320 g/mol. The fourth-order valence-electron chi connectivity index (χ4n) is 3.75. The zero-order chi connectivity index (χ0) is 17.3. The molecular formula is C22H28N2. The van der Waals surface area contributed by atoms with E-state index in [2.05, 4.69) is 63.0 Å². The van der Waals surface area contributed by atoms with Crippen LogP contribution in [-0.2, 0) is 6.42 Å². The molecule has 0 fully saturated rings. The van der Waals surface area contributed by atoms with Gasteiger partial charge >= 0.3 is 0 Å². The molecule has 3 N–H and O–H groups in total. The van der Waals surface area contributed by atoms with Gasteiger partial charge in [0.1, 0.15) is 0 Å². The van der Waals surface area contributed by atoms with E-state index < -0.39 is 0 Å². The van der Waals surface area contributed by atoms with E-state index in [0.717, 1.165) is 25.8 Å². The fraction of sp³-hybridized carbons (Fsp3) is 0.364. The number of nitrogens with one attached hydrogen (secondary N) is 1. The zero-order valence-corrected chi connectivity index (χ0v) is 15.3. The van der Waals surface area contributed by atoms with Crippen LogP contribution in [0.4, 0.5) is 0 Å². The average Bonchev–Trinajstić information content (AvgIpc) is 2.91. The van der Waals surface area contributed by atoms with Crippen LogP contribution in [0, 0.1) is 27.7 Å². The molecule has 0 bridgehead atoms. The summed E-state index contributed by atoms with van der Waals surface area (Å²) in [6.45, 7) is 9.51. The van der Waals surface area contributed by atoms with E-state index in [1.165, 1.54) is 50.0 Å². The largest absolute Gasteiger partial charge is 0.354 e. The summed E-state index contributed by atoms with van der Waals surface area (Å²) in [7, 11) is 0. The Morgan fingerprint density at radius 1 is 0.875 bits per heavy atom.